The molecule has 1 unspecified atom stereocenters. The van der Waals surface area contributed by atoms with E-state index in [1.807, 2.05) is 42.5 Å². The monoisotopic (exact) mass is 298 g/mol. The van der Waals surface area contributed by atoms with Gasteiger partial charge in [0.25, 0.3) is 0 Å². The van der Waals surface area contributed by atoms with E-state index in [4.69, 9.17) is 22.1 Å². The lowest BCUT2D eigenvalue weighted by Gasteiger charge is -2.18. The second-order valence-electron chi connectivity index (χ2n) is 4.78. The number of hydrogen-bond acceptors (Lipinski definition) is 3. The highest BCUT2D eigenvalue weighted by atomic mass is 35.5. The Balaban J connectivity index is 2.15. The molecule has 0 saturated carbocycles. The first kappa shape index (κ1) is 13.9. The summed E-state index contributed by atoms with van der Waals surface area (Å²) in [7, 11) is 1.62. The summed E-state index contributed by atoms with van der Waals surface area (Å²) in [5.41, 5.74) is 9.30. The van der Waals surface area contributed by atoms with Gasteiger partial charge in [0.1, 0.15) is 5.75 Å². The van der Waals surface area contributed by atoms with Gasteiger partial charge in [0.2, 0.25) is 0 Å². The molecule has 3 aromatic rings. The lowest BCUT2D eigenvalue weighted by atomic mass is 9.95. The summed E-state index contributed by atoms with van der Waals surface area (Å²) in [6.45, 7) is 0. The third-order valence-electron chi connectivity index (χ3n) is 3.55. The first-order valence-electron chi connectivity index (χ1n) is 6.63. The number of pyridine rings is 1. The highest BCUT2D eigenvalue weighted by Crippen LogP contribution is 2.33. The molecule has 3 nitrogen and oxygen atoms in total. The maximum absolute atomic E-state index is 6.46. The number of rotatable bonds is 3. The second kappa shape index (κ2) is 5.72. The van der Waals surface area contributed by atoms with E-state index in [1.54, 1.807) is 19.4 Å². The van der Waals surface area contributed by atoms with Gasteiger partial charge in [-0.15, -0.1) is 0 Å². The van der Waals surface area contributed by atoms with Crippen LogP contribution < -0.4 is 10.5 Å². The standard InChI is InChI=1S/C17H15ClN2O/c1-21-16-10-11(18)7-8-14(16)17(19)13-4-2-6-15-12(13)5-3-9-20-15/h2-10,17H,19H2,1H3. The van der Waals surface area contributed by atoms with E-state index in [0.717, 1.165) is 22.0 Å². The van der Waals surface area contributed by atoms with E-state index < -0.39 is 0 Å². The molecule has 0 spiro atoms. The lowest BCUT2D eigenvalue weighted by molar-refractivity contribution is 0.408. The van der Waals surface area contributed by atoms with Gasteiger partial charge in [-0.05, 0) is 29.8 Å². The Morgan fingerprint density at radius 2 is 1.95 bits per heavy atom. The van der Waals surface area contributed by atoms with Crippen LogP contribution in [0.4, 0.5) is 0 Å². The van der Waals surface area contributed by atoms with Crippen LogP contribution in [0, 0.1) is 0 Å². The van der Waals surface area contributed by atoms with Crippen LogP contribution in [-0.4, -0.2) is 12.1 Å². The first-order chi connectivity index (χ1) is 10.2. The van der Waals surface area contributed by atoms with Crippen molar-refractivity contribution in [2.24, 2.45) is 5.73 Å². The van der Waals surface area contributed by atoms with Crippen LogP contribution in [0.1, 0.15) is 17.2 Å². The number of halogens is 1. The van der Waals surface area contributed by atoms with Crippen LogP contribution in [0.3, 0.4) is 0 Å². The highest BCUT2D eigenvalue weighted by Gasteiger charge is 2.16. The van der Waals surface area contributed by atoms with Crippen LogP contribution in [0.5, 0.6) is 5.75 Å². The summed E-state index contributed by atoms with van der Waals surface area (Å²) >= 11 is 6.01. The van der Waals surface area contributed by atoms with Crippen molar-refractivity contribution in [1.29, 1.82) is 0 Å². The van der Waals surface area contributed by atoms with E-state index in [0.29, 0.717) is 10.8 Å². The summed E-state index contributed by atoms with van der Waals surface area (Å²) in [5.74, 6) is 0.691. The summed E-state index contributed by atoms with van der Waals surface area (Å²) in [5, 5.41) is 1.67. The third-order valence-corrected chi connectivity index (χ3v) is 3.78. The molecular weight excluding hydrogens is 284 g/mol. The Labute approximate surface area is 128 Å². The van der Waals surface area contributed by atoms with Crippen LogP contribution in [0.15, 0.2) is 54.7 Å². The minimum atomic E-state index is -0.301. The van der Waals surface area contributed by atoms with Crippen molar-refractivity contribution in [3.05, 3.63) is 70.9 Å². The van der Waals surface area contributed by atoms with Crippen molar-refractivity contribution in [3.63, 3.8) is 0 Å². The SMILES string of the molecule is COc1cc(Cl)ccc1C(N)c1cccc2ncccc12. The van der Waals surface area contributed by atoms with Crippen LogP contribution in [-0.2, 0) is 0 Å². The Bertz CT molecular complexity index is 783. The van der Waals surface area contributed by atoms with Gasteiger partial charge in [-0.1, -0.05) is 35.9 Å². The van der Waals surface area contributed by atoms with Gasteiger partial charge in [-0.2, -0.15) is 0 Å². The van der Waals surface area contributed by atoms with Gasteiger partial charge in [0.15, 0.2) is 0 Å². The van der Waals surface area contributed by atoms with Gasteiger partial charge in [-0.25, -0.2) is 0 Å². The average Bonchev–Trinajstić information content (AvgIpc) is 2.53. The fraction of sp³-hybridized carbons (Fsp3) is 0.118. The van der Waals surface area contributed by atoms with Crippen molar-refractivity contribution < 1.29 is 4.74 Å². The summed E-state index contributed by atoms with van der Waals surface area (Å²) in [6, 6.07) is 15.1. The van der Waals surface area contributed by atoms with E-state index in [2.05, 4.69) is 4.98 Å². The maximum Gasteiger partial charge on any atom is 0.125 e. The average molecular weight is 299 g/mol. The molecule has 3 rings (SSSR count). The molecule has 0 bridgehead atoms. The number of methoxy groups -OCH3 is 1. The number of nitrogens with zero attached hydrogens (tertiary/aromatic N) is 1. The van der Waals surface area contributed by atoms with Gasteiger partial charge >= 0.3 is 0 Å². The van der Waals surface area contributed by atoms with Gasteiger partial charge in [-0.3, -0.25) is 4.98 Å². The molecule has 2 N–H and O–H groups in total. The molecule has 0 aliphatic rings. The maximum atomic E-state index is 6.46. The third kappa shape index (κ3) is 2.58. The first-order valence-corrected chi connectivity index (χ1v) is 7.01. The van der Waals surface area contributed by atoms with Crippen molar-refractivity contribution in [2.75, 3.05) is 7.11 Å². The molecule has 4 heteroatoms. The number of hydrogen-bond donors (Lipinski definition) is 1. The van der Waals surface area contributed by atoms with E-state index in [9.17, 15) is 0 Å². The number of fused-ring (bicyclic) bond motifs is 1. The lowest BCUT2D eigenvalue weighted by Crippen LogP contribution is -2.13. The Hall–Kier alpha value is -2.10. The van der Waals surface area contributed by atoms with Crippen molar-refractivity contribution >= 4 is 22.5 Å². The molecule has 0 aliphatic heterocycles. The highest BCUT2D eigenvalue weighted by molar-refractivity contribution is 6.30. The number of aromatic nitrogens is 1. The molecule has 0 fully saturated rings. The quantitative estimate of drug-likeness (QED) is 0.796. The smallest absolute Gasteiger partial charge is 0.125 e. The Morgan fingerprint density at radius 3 is 2.76 bits per heavy atom. The summed E-state index contributed by atoms with van der Waals surface area (Å²) in [6.07, 6.45) is 1.78. The van der Waals surface area contributed by atoms with Crippen molar-refractivity contribution in [1.82, 2.24) is 4.98 Å². The molecular formula is C17H15ClN2O. The Morgan fingerprint density at radius 1 is 1.10 bits per heavy atom. The number of benzene rings is 2. The molecule has 106 valence electrons. The zero-order valence-electron chi connectivity index (χ0n) is 11.6. The van der Waals surface area contributed by atoms with E-state index in [-0.39, 0.29) is 6.04 Å². The summed E-state index contributed by atoms with van der Waals surface area (Å²) in [4.78, 5) is 4.37. The van der Waals surface area contributed by atoms with E-state index >= 15 is 0 Å². The van der Waals surface area contributed by atoms with E-state index in [1.165, 1.54) is 0 Å². The molecule has 21 heavy (non-hydrogen) atoms. The molecule has 0 amide bonds. The fourth-order valence-corrected chi connectivity index (χ4v) is 2.67. The van der Waals surface area contributed by atoms with Gasteiger partial charge in [0.05, 0.1) is 18.7 Å². The van der Waals surface area contributed by atoms with Crippen LogP contribution in [0.25, 0.3) is 10.9 Å². The fourth-order valence-electron chi connectivity index (χ4n) is 2.51. The zero-order valence-corrected chi connectivity index (χ0v) is 12.3. The predicted octanol–water partition coefficient (Wildman–Crippen LogP) is 3.94. The number of nitrogens with two attached hydrogens (primary N) is 1. The van der Waals surface area contributed by atoms with Crippen molar-refractivity contribution in [2.45, 2.75) is 6.04 Å². The summed E-state index contributed by atoms with van der Waals surface area (Å²) < 4.78 is 5.40. The molecule has 2 aromatic carbocycles. The minimum absolute atomic E-state index is 0.301. The Kier molecular flexibility index (Phi) is 3.78. The normalized spacial score (nSPS) is 12.3. The molecule has 0 saturated heterocycles. The predicted molar refractivity (Wildman–Crippen MR) is 85.8 cm³/mol. The van der Waals surface area contributed by atoms with Crippen LogP contribution >= 0.6 is 11.6 Å². The molecule has 0 radical (unpaired) electrons. The number of ether oxygens (including phenoxy) is 1. The topological polar surface area (TPSA) is 48.1 Å². The largest absolute Gasteiger partial charge is 0.496 e. The second-order valence-corrected chi connectivity index (χ2v) is 5.22. The molecule has 1 aromatic heterocycles. The molecule has 0 aliphatic carbocycles. The van der Waals surface area contributed by atoms with Gasteiger partial charge in [0, 0.05) is 22.2 Å². The van der Waals surface area contributed by atoms with Crippen LogP contribution in [0.2, 0.25) is 5.02 Å². The van der Waals surface area contributed by atoms with Gasteiger partial charge < -0.3 is 10.5 Å². The minimum Gasteiger partial charge on any atom is -0.496 e. The zero-order chi connectivity index (χ0) is 14.8. The molecule has 1 atom stereocenters. The molecule has 1 heterocycles. The van der Waals surface area contributed by atoms with Crippen molar-refractivity contribution in [3.8, 4) is 5.75 Å².